The normalized spacial score (nSPS) is 11.2. The van der Waals surface area contributed by atoms with Crippen LogP contribution in [0.4, 0.5) is 0 Å². The molecule has 0 radical (unpaired) electrons. The van der Waals surface area contributed by atoms with Gasteiger partial charge in [-0.1, -0.05) is 23.2 Å². The van der Waals surface area contributed by atoms with E-state index < -0.39 is 0 Å². The lowest BCUT2D eigenvalue weighted by Crippen LogP contribution is -1.99. The highest BCUT2D eigenvalue weighted by atomic mass is 35.5. The minimum absolute atomic E-state index is 0.631. The van der Waals surface area contributed by atoms with Crippen LogP contribution in [0.3, 0.4) is 0 Å². The molecule has 0 atom stereocenters. The molecule has 3 rings (SSSR count). The lowest BCUT2D eigenvalue weighted by Gasteiger charge is -2.08. The van der Waals surface area contributed by atoms with Crippen LogP contribution in [0.25, 0.3) is 22.2 Å². The van der Waals surface area contributed by atoms with Gasteiger partial charge < -0.3 is 15.5 Å². The van der Waals surface area contributed by atoms with E-state index in [4.69, 9.17) is 33.7 Å². The topological polar surface area (TPSA) is 51.0 Å². The van der Waals surface area contributed by atoms with Gasteiger partial charge in [-0.3, -0.25) is 0 Å². The Kier molecular flexibility index (Phi) is 5.34. The summed E-state index contributed by atoms with van der Waals surface area (Å²) in [6.07, 6.45) is 2.95. The molecule has 3 aromatic rings. The molecule has 0 spiro atoms. The van der Waals surface area contributed by atoms with Gasteiger partial charge in [-0.15, -0.1) is 0 Å². The number of methoxy groups -OCH3 is 1. The lowest BCUT2D eigenvalue weighted by molar-refractivity contribution is 0.415. The fourth-order valence-corrected chi connectivity index (χ4v) is 3.48. The number of ether oxygens (including phenoxy) is 1. The average molecular weight is 363 g/mol. The predicted octanol–water partition coefficient (Wildman–Crippen LogP) is 5.43. The first-order valence-electron chi connectivity index (χ1n) is 7.98. The van der Waals surface area contributed by atoms with Crippen molar-refractivity contribution in [3.63, 3.8) is 0 Å². The van der Waals surface area contributed by atoms with Gasteiger partial charge in [-0.05, 0) is 67.8 Å². The average Bonchev–Trinajstić information content (AvgIpc) is 2.92. The molecule has 0 aliphatic carbocycles. The number of aromatic nitrogens is 1. The summed E-state index contributed by atoms with van der Waals surface area (Å²) in [4.78, 5) is 3.50. The molecule has 126 valence electrons. The van der Waals surface area contributed by atoms with Gasteiger partial charge in [0.05, 0.1) is 17.8 Å². The van der Waals surface area contributed by atoms with Crippen LogP contribution < -0.4 is 10.5 Å². The molecule has 3 nitrogen and oxygen atoms in total. The second-order valence-electron chi connectivity index (χ2n) is 5.76. The van der Waals surface area contributed by atoms with E-state index in [-0.39, 0.29) is 0 Å². The van der Waals surface area contributed by atoms with E-state index >= 15 is 0 Å². The van der Waals surface area contributed by atoms with E-state index in [1.54, 1.807) is 13.2 Å². The molecule has 1 heterocycles. The molecule has 0 fully saturated rings. The zero-order valence-corrected chi connectivity index (χ0v) is 15.0. The van der Waals surface area contributed by atoms with Crippen LogP contribution in [0.5, 0.6) is 5.75 Å². The second kappa shape index (κ2) is 7.47. The number of halogens is 2. The third-order valence-corrected chi connectivity index (χ3v) is 4.74. The van der Waals surface area contributed by atoms with Gasteiger partial charge in [0.2, 0.25) is 0 Å². The van der Waals surface area contributed by atoms with Crippen molar-refractivity contribution in [2.75, 3.05) is 13.7 Å². The van der Waals surface area contributed by atoms with Crippen LogP contribution in [-0.4, -0.2) is 18.6 Å². The molecule has 24 heavy (non-hydrogen) atoms. The number of nitrogens with two attached hydrogens (primary N) is 1. The summed E-state index contributed by atoms with van der Waals surface area (Å²) in [7, 11) is 1.68. The van der Waals surface area contributed by atoms with Gasteiger partial charge in [-0.2, -0.15) is 0 Å². The van der Waals surface area contributed by atoms with E-state index in [0.29, 0.717) is 16.6 Å². The van der Waals surface area contributed by atoms with Crippen LogP contribution >= 0.6 is 23.2 Å². The Hall–Kier alpha value is -1.68. The monoisotopic (exact) mass is 362 g/mol. The summed E-state index contributed by atoms with van der Waals surface area (Å²) in [6.45, 7) is 0.697. The van der Waals surface area contributed by atoms with E-state index in [2.05, 4.69) is 11.1 Å². The van der Waals surface area contributed by atoms with Crippen LogP contribution in [0.2, 0.25) is 10.0 Å². The third kappa shape index (κ3) is 3.39. The largest absolute Gasteiger partial charge is 0.497 e. The molecule has 0 aliphatic heterocycles. The number of aromatic amines is 1. The molecule has 0 unspecified atom stereocenters. The van der Waals surface area contributed by atoms with E-state index in [1.807, 2.05) is 24.3 Å². The maximum Gasteiger partial charge on any atom is 0.119 e. The molecule has 5 heteroatoms. The molecule has 3 N–H and O–H groups in total. The van der Waals surface area contributed by atoms with E-state index in [9.17, 15) is 0 Å². The number of fused-ring (bicyclic) bond motifs is 1. The molecule has 0 bridgehead atoms. The highest BCUT2D eigenvalue weighted by Crippen LogP contribution is 2.37. The molecular formula is C19H20Cl2N2O. The Balaban J connectivity index is 2.16. The SMILES string of the molecule is COc1ccc2[nH]c(-c3ccc(Cl)cc3Cl)c(CCCCN)c2c1. The van der Waals surface area contributed by atoms with Crippen LogP contribution in [0.15, 0.2) is 36.4 Å². The van der Waals surface area contributed by atoms with Crippen molar-refractivity contribution < 1.29 is 4.74 Å². The first kappa shape index (κ1) is 17.2. The van der Waals surface area contributed by atoms with Gasteiger partial charge in [0.25, 0.3) is 0 Å². The number of aryl methyl sites for hydroxylation is 1. The molecule has 1 aromatic heterocycles. The smallest absolute Gasteiger partial charge is 0.119 e. The number of unbranched alkanes of at least 4 members (excludes halogenated alkanes) is 1. The predicted molar refractivity (Wildman–Crippen MR) is 102 cm³/mol. The van der Waals surface area contributed by atoms with Gasteiger partial charge in [0.1, 0.15) is 5.75 Å². The summed E-state index contributed by atoms with van der Waals surface area (Å²) in [5, 5.41) is 2.43. The maximum atomic E-state index is 6.43. The van der Waals surface area contributed by atoms with Gasteiger partial charge in [0.15, 0.2) is 0 Å². The minimum atomic E-state index is 0.631. The number of H-pyrrole nitrogens is 1. The number of nitrogens with one attached hydrogen (secondary N) is 1. The fraction of sp³-hybridized carbons (Fsp3) is 0.263. The summed E-state index contributed by atoms with van der Waals surface area (Å²) in [5.74, 6) is 0.843. The summed E-state index contributed by atoms with van der Waals surface area (Å²) in [5.41, 5.74) is 9.96. The quantitative estimate of drug-likeness (QED) is 0.574. The van der Waals surface area contributed by atoms with Crippen LogP contribution in [-0.2, 0) is 6.42 Å². The van der Waals surface area contributed by atoms with Crippen LogP contribution in [0.1, 0.15) is 18.4 Å². The zero-order chi connectivity index (χ0) is 17.1. The Morgan fingerprint density at radius 3 is 2.62 bits per heavy atom. The number of rotatable bonds is 6. The first-order valence-corrected chi connectivity index (χ1v) is 8.73. The third-order valence-electron chi connectivity index (χ3n) is 4.19. The van der Waals surface area contributed by atoms with Gasteiger partial charge in [-0.25, -0.2) is 0 Å². The molecule has 0 aliphatic rings. The van der Waals surface area contributed by atoms with Crippen molar-refractivity contribution in [1.29, 1.82) is 0 Å². The first-order chi connectivity index (χ1) is 11.6. The highest BCUT2D eigenvalue weighted by Gasteiger charge is 2.16. The van der Waals surface area contributed by atoms with Crippen molar-refractivity contribution in [2.24, 2.45) is 5.73 Å². The number of hydrogen-bond donors (Lipinski definition) is 2. The standard InChI is InChI=1S/C19H20Cl2N2O/c1-24-13-6-8-18-16(11-13)14(4-2-3-9-22)19(23-18)15-7-5-12(20)10-17(15)21/h5-8,10-11,23H,2-4,9,22H2,1H3. The molecule has 0 saturated heterocycles. The summed E-state index contributed by atoms with van der Waals surface area (Å²) in [6, 6.07) is 11.6. The summed E-state index contributed by atoms with van der Waals surface area (Å²) < 4.78 is 5.38. The van der Waals surface area contributed by atoms with E-state index in [0.717, 1.165) is 47.2 Å². The Morgan fingerprint density at radius 2 is 1.92 bits per heavy atom. The lowest BCUT2D eigenvalue weighted by atomic mass is 10.00. The maximum absolute atomic E-state index is 6.43. The Morgan fingerprint density at radius 1 is 1.08 bits per heavy atom. The van der Waals surface area contributed by atoms with Gasteiger partial charge in [0, 0.05) is 21.5 Å². The van der Waals surface area contributed by atoms with E-state index in [1.165, 1.54) is 5.56 Å². The fourth-order valence-electron chi connectivity index (χ4n) is 2.98. The molecule has 2 aromatic carbocycles. The van der Waals surface area contributed by atoms with Crippen molar-refractivity contribution in [3.8, 4) is 17.0 Å². The number of hydrogen-bond acceptors (Lipinski definition) is 2. The Bertz CT molecular complexity index is 858. The molecular weight excluding hydrogens is 343 g/mol. The summed E-state index contributed by atoms with van der Waals surface area (Å²) >= 11 is 12.5. The minimum Gasteiger partial charge on any atom is -0.497 e. The molecule has 0 amide bonds. The highest BCUT2D eigenvalue weighted by molar-refractivity contribution is 6.36. The van der Waals surface area contributed by atoms with Crippen LogP contribution in [0, 0.1) is 0 Å². The van der Waals surface area contributed by atoms with Crippen molar-refractivity contribution in [1.82, 2.24) is 4.98 Å². The van der Waals surface area contributed by atoms with Crippen molar-refractivity contribution in [2.45, 2.75) is 19.3 Å². The second-order valence-corrected chi connectivity index (χ2v) is 6.60. The molecule has 0 saturated carbocycles. The van der Waals surface area contributed by atoms with Crippen molar-refractivity contribution in [3.05, 3.63) is 52.0 Å². The Labute approximate surface area is 151 Å². The van der Waals surface area contributed by atoms with Crippen molar-refractivity contribution >= 4 is 34.1 Å². The zero-order valence-electron chi connectivity index (χ0n) is 13.5. The number of benzene rings is 2. The van der Waals surface area contributed by atoms with Gasteiger partial charge >= 0.3 is 0 Å².